The maximum Gasteiger partial charge on any atom is 0.125 e. The van der Waals surface area contributed by atoms with E-state index in [1.165, 1.54) is 17.7 Å². The molecule has 90 valence electrons. The highest BCUT2D eigenvalue weighted by atomic mass is 35.5. The van der Waals surface area contributed by atoms with Crippen LogP contribution in [0, 0.1) is 5.82 Å². The zero-order chi connectivity index (χ0) is 12.5. The molecule has 0 spiro atoms. The van der Waals surface area contributed by atoms with Gasteiger partial charge >= 0.3 is 0 Å². The summed E-state index contributed by atoms with van der Waals surface area (Å²) in [6, 6.07) is 12.2. The van der Waals surface area contributed by atoms with Gasteiger partial charge in [-0.1, -0.05) is 23.7 Å². The molecule has 0 atom stereocenters. The molecule has 3 rings (SSSR count). The van der Waals surface area contributed by atoms with Crippen LogP contribution in [0.1, 0.15) is 17.5 Å². The Labute approximate surface area is 110 Å². The summed E-state index contributed by atoms with van der Waals surface area (Å²) >= 11 is 6.00. The van der Waals surface area contributed by atoms with E-state index in [2.05, 4.69) is 4.99 Å². The Balaban J connectivity index is 2.03. The highest BCUT2D eigenvalue weighted by Crippen LogP contribution is 2.27. The third-order valence-corrected chi connectivity index (χ3v) is 3.32. The average Bonchev–Trinajstić information content (AvgIpc) is 2.72. The van der Waals surface area contributed by atoms with Crippen molar-refractivity contribution in [3.8, 4) is 0 Å². The van der Waals surface area contributed by atoms with E-state index >= 15 is 0 Å². The summed E-state index contributed by atoms with van der Waals surface area (Å²) < 4.78 is 13.1. The lowest BCUT2D eigenvalue weighted by atomic mass is 10.1. The van der Waals surface area contributed by atoms with Gasteiger partial charge in [0, 0.05) is 16.3 Å². The molecular formula is C15H11ClFN. The highest BCUT2D eigenvalue weighted by Gasteiger charge is 2.17. The first-order valence-corrected chi connectivity index (χ1v) is 6.22. The predicted octanol–water partition coefficient (Wildman–Crippen LogP) is 4.55. The third-order valence-electron chi connectivity index (χ3n) is 3.09. The summed E-state index contributed by atoms with van der Waals surface area (Å²) in [6.45, 7) is 0. The van der Waals surface area contributed by atoms with Crippen molar-refractivity contribution in [1.29, 1.82) is 0 Å². The molecule has 0 bridgehead atoms. The minimum atomic E-state index is -0.263. The van der Waals surface area contributed by atoms with Crippen LogP contribution in [0.2, 0.25) is 5.02 Å². The van der Waals surface area contributed by atoms with E-state index in [0.29, 0.717) is 10.7 Å². The van der Waals surface area contributed by atoms with E-state index in [-0.39, 0.29) is 5.82 Å². The van der Waals surface area contributed by atoms with Crippen LogP contribution < -0.4 is 0 Å². The number of aliphatic imine (C=N–C) groups is 1. The topological polar surface area (TPSA) is 12.4 Å². The molecule has 0 radical (unpaired) electrons. The Morgan fingerprint density at radius 1 is 1.06 bits per heavy atom. The molecule has 0 N–H and O–H groups in total. The molecule has 0 aliphatic heterocycles. The van der Waals surface area contributed by atoms with Gasteiger partial charge in [-0.05, 0) is 48.7 Å². The van der Waals surface area contributed by atoms with Gasteiger partial charge in [0.2, 0.25) is 0 Å². The van der Waals surface area contributed by atoms with Crippen LogP contribution in [0.5, 0.6) is 0 Å². The van der Waals surface area contributed by atoms with Crippen LogP contribution in [0.15, 0.2) is 47.5 Å². The zero-order valence-corrected chi connectivity index (χ0v) is 10.4. The summed E-state index contributed by atoms with van der Waals surface area (Å²) in [6.07, 6.45) is 1.85. The number of rotatable bonds is 1. The first-order valence-electron chi connectivity index (χ1n) is 5.84. The predicted molar refractivity (Wildman–Crippen MR) is 72.4 cm³/mol. The summed E-state index contributed by atoms with van der Waals surface area (Å²) in [5, 5.41) is 0.711. The van der Waals surface area contributed by atoms with E-state index in [1.54, 1.807) is 12.1 Å². The summed E-state index contributed by atoms with van der Waals surface area (Å²) in [4.78, 5) is 4.52. The van der Waals surface area contributed by atoms with Crippen LogP contribution in [0.4, 0.5) is 10.1 Å². The second-order valence-corrected chi connectivity index (χ2v) is 4.78. The molecule has 1 nitrogen and oxygen atoms in total. The van der Waals surface area contributed by atoms with Crippen molar-refractivity contribution in [3.05, 3.63) is 64.4 Å². The maximum absolute atomic E-state index is 13.1. The van der Waals surface area contributed by atoms with E-state index < -0.39 is 0 Å². The highest BCUT2D eigenvalue weighted by molar-refractivity contribution is 6.31. The molecule has 0 unspecified atom stereocenters. The van der Waals surface area contributed by atoms with E-state index in [1.807, 2.05) is 18.2 Å². The standard InChI is InChI=1S/C15H11ClFN/c16-11-6-4-10-5-7-15(14(10)8-11)18-13-3-1-2-12(17)9-13/h1-4,6,8-9H,5,7H2. The molecule has 0 heterocycles. The van der Waals surface area contributed by atoms with Gasteiger partial charge in [-0.15, -0.1) is 0 Å². The lowest BCUT2D eigenvalue weighted by Crippen LogP contribution is -1.93. The van der Waals surface area contributed by atoms with E-state index in [9.17, 15) is 4.39 Å². The van der Waals surface area contributed by atoms with Gasteiger partial charge in [-0.25, -0.2) is 4.39 Å². The molecule has 2 aromatic carbocycles. The smallest absolute Gasteiger partial charge is 0.125 e. The summed E-state index contributed by atoms with van der Waals surface area (Å²) in [5.41, 5.74) is 3.98. The summed E-state index contributed by atoms with van der Waals surface area (Å²) in [7, 11) is 0. The van der Waals surface area contributed by atoms with Gasteiger partial charge < -0.3 is 0 Å². The minimum Gasteiger partial charge on any atom is -0.253 e. The van der Waals surface area contributed by atoms with Crippen LogP contribution >= 0.6 is 11.6 Å². The van der Waals surface area contributed by atoms with Gasteiger partial charge in [0.15, 0.2) is 0 Å². The second-order valence-electron chi connectivity index (χ2n) is 4.34. The quantitative estimate of drug-likeness (QED) is 0.713. The minimum absolute atomic E-state index is 0.263. The van der Waals surface area contributed by atoms with Crippen molar-refractivity contribution >= 4 is 23.0 Å². The Morgan fingerprint density at radius 3 is 2.78 bits per heavy atom. The fourth-order valence-electron chi connectivity index (χ4n) is 2.24. The fourth-order valence-corrected chi connectivity index (χ4v) is 2.41. The Bertz CT molecular complexity index is 634. The van der Waals surface area contributed by atoms with Crippen molar-refractivity contribution in [2.24, 2.45) is 4.99 Å². The third kappa shape index (κ3) is 2.16. The Hall–Kier alpha value is -1.67. The first kappa shape index (κ1) is 11.4. The number of fused-ring (bicyclic) bond motifs is 1. The number of hydrogen-bond acceptors (Lipinski definition) is 1. The number of aryl methyl sites for hydroxylation is 1. The molecular weight excluding hydrogens is 249 g/mol. The molecule has 1 aliphatic carbocycles. The van der Waals surface area contributed by atoms with Gasteiger partial charge in [-0.3, -0.25) is 4.99 Å². The van der Waals surface area contributed by atoms with Gasteiger partial charge in [0.05, 0.1) is 5.69 Å². The number of halogens is 2. The lowest BCUT2D eigenvalue weighted by Gasteiger charge is -2.01. The first-order chi connectivity index (χ1) is 8.72. The molecule has 0 aromatic heterocycles. The Morgan fingerprint density at radius 2 is 1.94 bits per heavy atom. The van der Waals surface area contributed by atoms with E-state index in [0.717, 1.165) is 24.1 Å². The van der Waals surface area contributed by atoms with Gasteiger partial charge in [0.25, 0.3) is 0 Å². The zero-order valence-electron chi connectivity index (χ0n) is 9.66. The van der Waals surface area contributed by atoms with Crippen LogP contribution in [-0.2, 0) is 6.42 Å². The van der Waals surface area contributed by atoms with E-state index in [4.69, 9.17) is 11.6 Å². The van der Waals surface area contributed by atoms with Crippen molar-refractivity contribution in [2.45, 2.75) is 12.8 Å². The average molecular weight is 260 g/mol. The number of nitrogens with zero attached hydrogens (tertiary/aromatic N) is 1. The summed E-state index contributed by atoms with van der Waals surface area (Å²) in [5.74, 6) is -0.263. The van der Waals surface area contributed by atoms with Crippen LogP contribution in [-0.4, -0.2) is 5.71 Å². The molecule has 2 aromatic rings. The molecule has 0 fully saturated rings. The molecule has 1 aliphatic rings. The van der Waals surface area contributed by atoms with Gasteiger partial charge in [0.1, 0.15) is 5.82 Å². The Kier molecular flexibility index (Phi) is 2.88. The number of hydrogen-bond donors (Lipinski definition) is 0. The van der Waals surface area contributed by atoms with Crippen molar-refractivity contribution in [1.82, 2.24) is 0 Å². The number of benzene rings is 2. The molecule has 0 saturated heterocycles. The van der Waals surface area contributed by atoms with Crippen molar-refractivity contribution in [2.75, 3.05) is 0 Å². The van der Waals surface area contributed by atoms with Crippen molar-refractivity contribution in [3.63, 3.8) is 0 Å². The van der Waals surface area contributed by atoms with Crippen LogP contribution in [0.3, 0.4) is 0 Å². The molecule has 0 amide bonds. The fraction of sp³-hybridized carbons (Fsp3) is 0.133. The van der Waals surface area contributed by atoms with Crippen molar-refractivity contribution < 1.29 is 4.39 Å². The van der Waals surface area contributed by atoms with Gasteiger partial charge in [-0.2, -0.15) is 0 Å². The molecule has 0 saturated carbocycles. The molecule has 18 heavy (non-hydrogen) atoms. The van der Waals surface area contributed by atoms with Crippen LogP contribution in [0.25, 0.3) is 0 Å². The second kappa shape index (κ2) is 4.54. The largest absolute Gasteiger partial charge is 0.253 e. The maximum atomic E-state index is 13.1. The normalized spacial score (nSPS) is 16.0. The lowest BCUT2D eigenvalue weighted by molar-refractivity contribution is 0.628. The monoisotopic (exact) mass is 259 g/mol. The SMILES string of the molecule is Fc1cccc(N=C2CCc3ccc(Cl)cc32)c1. The molecule has 3 heteroatoms.